The molecule has 1 aromatic rings. The van der Waals surface area contributed by atoms with Crippen LogP contribution in [0.25, 0.3) is 0 Å². The molecule has 106 valence electrons. The zero-order valence-electron chi connectivity index (χ0n) is 11.9. The number of benzene rings is 1. The van der Waals surface area contributed by atoms with Gasteiger partial charge >= 0.3 is 0 Å². The van der Waals surface area contributed by atoms with Crippen LogP contribution in [0, 0.1) is 11.3 Å². The van der Waals surface area contributed by atoms with Crippen molar-refractivity contribution >= 4 is 5.91 Å². The summed E-state index contributed by atoms with van der Waals surface area (Å²) in [6, 6.07) is 9.69. The highest BCUT2D eigenvalue weighted by atomic mass is 16.2. The summed E-state index contributed by atoms with van der Waals surface area (Å²) in [5.41, 5.74) is 1.66. The molecular formula is C16H21N3O. The molecule has 1 aliphatic carbocycles. The van der Waals surface area contributed by atoms with Gasteiger partial charge in [0.2, 0.25) is 5.91 Å². The van der Waals surface area contributed by atoms with Crippen molar-refractivity contribution in [3.8, 4) is 6.07 Å². The predicted molar refractivity (Wildman–Crippen MR) is 77.9 cm³/mol. The Kier molecular flexibility index (Phi) is 5.14. The van der Waals surface area contributed by atoms with Crippen LogP contribution in [-0.2, 0) is 11.3 Å². The summed E-state index contributed by atoms with van der Waals surface area (Å²) < 4.78 is 0. The van der Waals surface area contributed by atoms with E-state index in [-0.39, 0.29) is 11.9 Å². The van der Waals surface area contributed by atoms with Gasteiger partial charge in [-0.25, -0.2) is 0 Å². The molecule has 2 N–H and O–H groups in total. The molecule has 1 amide bonds. The number of amides is 1. The van der Waals surface area contributed by atoms with E-state index < -0.39 is 0 Å². The monoisotopic (exact) mass is 271 g/mol. The van der Waals surface area contributed by atoms with Crippen LogP contribution >= 0.6 is 0 Å². The van der Waals surface area contributed by atoms with Crippen LogP contribution in [0.4, 0.5) is 0 Å². The molecule has 0 bridgehead atoms. The molecule has 1 aliphatic rings. The summed E-state index contributed by atoms with van der Waals surface area (Å²) >= 11 is 0. The van der Waals surface area contributed by atoms with Gasteiger partial charge in [0.15, 0.2) is 0 Å². The Morgan fingerprint density at radius 2 is 2.20 bits per heavy atom. The molecule has 4 heteroatoms. The van der Waals surface area contributed by atoms with Gasteiger partial charge in [-0.2, -0.15) is 5.26 Å². The smallest absolute Gasteiger partial charge is 0.237 e. The van der Waals surface area contributed by atoms with Gasteiger partial charge in [0.1, 0.15) is 0 Å². The summed E-state index contributed by atoms with van der Waals surface area (Å²) in [5, 5.41) is 15.1. The van der Waals surface area contributed by atoms with E-state index in [0.29, 0.717) is 18.2 Å². The van der Waals surface area contributed by atoms with Gasteiger partial charge < -0.3 is 10.6 Å². The molecule has 2 rings (SSSR count). The normalized spacial score (nSPS) is 16.6. The third kappa shape index (κ3) is 4.07. The van der Waals surface area contributed by atoms with Crippen LogP contribution in [0.3, 0.4) is 0 Å². The van der Waals surface area contributed by atoms with Crippen molar-refractivity contribution in [3.63, 3.8) is 0 Å². The van der Waals surface area contributed by atoms with Crippen LogP contribution < -0.4 is 10.6 Å². The standard InChI is InChI=1S/C16H21N3O/c1-12(16(20)19-15-7-2-3-8-15)18-11-14-6-4-5-13(9-14)10-17/h4-6,9,12,15,18H,2-3,7-8,11H2,1H3,(H,19,20). The van der Waals surface area contributed by atoms with Gasteiger partial charge in [0.05, 0.1) is 17.7 Å². The van der Waals surface area contributed by atoms with Crippen molar-refractivity contribution in [2.75, 3.05) is 0 Å². The van der Waals surface area contributed by atoms with Crippen molar-refractivity contribution < 1.29 is 4.79 Å². The van der Waals surface area contributed by atoms with E-state index in [2.05, 4.69) is 16.7 Å². The SMILES string of the molecule is CC(NCc1cccc(C#N)c1)C(=O)NC1CCCC1. The molecule has 1 saturated carbocycles. The molecule has 0 radical (unpaired) electrons. The maximum Gasteiger partial charge on any atom is 0.237 e. The van der Waals surface area contributed by atoms with Crippen LogP contribution in [0.5, 0.6) is 0 Å². The van der Waals surface area contributed by atoms with E-state index in [4.69, 9.17) is 5.26 Å². The number of carbonyl (C=O) groups is 1. The fraction of sp³-hybridized carbons (Fsp3) is 0.500. The third-order valence-electron chi connectivity index (χ3n) is 3.76. The maximum atomic E-state index is 12.0. The van der Waals surface area contributed by atoms with E-state index in [1.807, 2.05) is 25.1 Å². The van der Waals surface area contributed by atoms with Crippen LogP contribution in [0.1, 0.15) is 43.7 Å². The Morgan fingerprint density at radius 3 is 2.90 bits per heavy atom. The molecule has 1 atom stereocenters. The average molecular weight is 271 g/mol. The van der Waals surface area contributed by atoms with Gasteiger partial charge in [-0.1, -0.05) is 25.0 Å². The quantitative estimate of drug-likeness (QED) is 0.862. The van der Waals surface area contributed by atoms with Gasteiger partial charge in [-0.05, 0) is 37.5 Å². The second-order valence-corrected chi connectivity index (χ2v) is 5.40. The largest absolute Gasteiger partial charge is 0.352 e. The van der Waals surface area contributed by atoms with E-state index in [9.17, 15) is 4.79 Å². The second-order valence-electron chi connectivity index (χ2n) is 5.40. The third-order valence-corrected chi connectivity index (χ3v) is 3.76. The zero-order valence-corrected chi connectivity index (χ0v) is 11.9. The number of nitriles is 1. The van der Waals surface area contributed by atoms with E-state index in [1.54, 1.807) is 6.07 Å². The summed E-state index contributed by atoms with van der Waals surface area (Å²) in [6.07, 6.45) is 4.63. The lowest BCUT2D eigenvalue weighted by molar-refractivity contribution is -0.123. The molecule has 1 aromatic carbocycles. The topological polar surface area (TPSA) is 64.9 Å². The summed E-state index contributed by atoms with van der Waals surface area (Å²) in [5.74, 6) is 0.0633. The molecule has 0 saturated heterocycles. The van der Waals surface area contributed by atoms with Crippen molar-refractivity contribution in [3.05, 3.63) is 35.4 Å². The lowest BCUT2D eigenvalue weighted by Gasteiger charge is -2.17. The zero-order chi connectivity index (χ0) is 14.4. The first-order valence-corrected chi connectivity index (χ1v) is 7.22. The molecule has 20 heavy (non-hydrogen) atoms. The van der Waals surface area contributed by atoms with Gasteiger partial charge in [0, 0.05) is 12.6 Å². The van der Waals surface area contributed by atoms with Crippen molar-refractivity contribution in [1.29, 1.82) is 5.26 Å². The molecule has 0 heterocycles. The minimum Gasteiger partial charge on any atom is -0.352 e. The maximum absolute atomic E-state index is 12.0. The summed E-state index contributed by atoms with van der Waals surface area (Å²) in [4.78, 5) is 12.0. The Labute approximate surface area is 120 Å². The van der Waals surface area contributed by atoms with E-state index >= 15 is 0 Å². The summed E-state index contributed by atoms with van der Waals surface area (Å²) in [6.45, 7) is 2.47. The molecule has 1 fully saturated rings. The van der Waals surface area contributed by atoms with E-state index in [0.717, 1.165) is 18.4 Å². The number of rotatable bonds is 5. The first-order valence-electron chi connectivity index (χ1n) is 7.22. The highest BCUT2D eigenvalue weighted by Crippen LogP contribution is 2.17. The number of nitrogens with one attached hydrogen (secondary N) is 2. The number of carbonyl (C=O) groups excluding carboxylic acids is 1. The Hall–Kier alpha value is -1.86. The minimum atomic E-state index is -0.221. The Bertz CT molecular complexity index is 501. The average Bonchev–Trinajstić information content (AvgIpc) is 2.97. The van der Waals surface area contributed by atoms with Crippen molar-refractivity contribution in [1.82, 2.24) is 10.6 Å². The van der Waals surface area contributed by atoms with Crippen LogP contribution in [0.15, 0.2) is 24.3 Å². The van der Waals surface area contributed by atoms with Crippen molar-refractivity contribution in [2.24, 2.45) is 0 Å². The first kappa shape index (κ1) is 14.5. The predicted octanol–water partition coefficient (Wildman–Crippen LogP) is 2.10. The first-order chi connectivity index (χ1) is 9.69. The van der Waals surface area contributed by atoms with Crippen molar-refractivity contribution in [2.45, 2.75) is 51.2 Å². The number of hydrogen-bond acceptors (Lipinski definition) is 3. The Balaban J connectivity index is 1.80. The lowest BCUT2D eigenvalue weighted by atomic mass is 10.1. The number of hydrogen-bond donors (Lipinski definition) is 2. The minimum absolute atomic E-state index is 0.0633. The molecule has 4 nitrogen and oxygen atoms in total. The van der Waals surface area contributed by atoms with Gasteiger partial charge in [-0.3, -0.25) is 4.79 Å². The summed E-state index contributed by atoms with van der Waals surface area (Å²) in [7, 11) is 0. The lowest BCUT2D eigenvalue weighted by Crippen LogP contribution is -2.45. The molecule has 1 unspecified atom stereocenters. The highest BCUT2D eigenvalue weighted by Gasteiger charge is 2.20. The second kappa shape index (κ2) is 7.06. The molecule has 0 aliphatic heterocycles. The van der Waals surface area contributed by atoms with Gasteiger partial charge in [-0.15, -0.1) is 0 Å². The number of nitrogens with zero attached hydrogens (tertiary/aromatic N) is 1. The molecule has 0 spiro atoms. The van der Waals surface area contributed by atoms with E-state index in [1.165, 1.54) is 12.8 Å². The fourth-order valence-electron chi connectivity index (χ4n) is 2.51. The molecule has 0 aromatic heterocycles. The fourth-order valence-corrected chi connectivity index (χ4v) is 2.51. The Morgan fingerprint density at radius 1 is 1.45 bits per heavy atom. The molecular weight excluding hydrogens is 250 g/mol. The van der Waals surface area contributed by atoms with Crippen LogP contribution in [0.2, 0.25) is 0 Å². The van der Waals surface area contributed by atoms with Crippen LogP contribution in [-0.4, -0.2) is 18.0 Å². The van der Waals surface area contributed by atoms with Gasteiger partial charge in [0.25, 0.3) is 0 Å². The highest BCUT2D eigenvalue weighted by molar-refractivity contribution is 5.81.